The topological polar surface area (TPSA) is 38.3 Å². The smallest absolute Gasteiger partial charge is 0.0565 e. The predicted octanol–water partition coefficient (Wildman–Crippen LogP) is 0.910. The Balaban J connectivity index is 2.20. The van der Waals surface area contributed by atoms with Gasteiger partial charge in [0.2, 0.25) is 0 Å². The Morgan fingerprint density at radius 2 is 1.93 bits per heavy atom. The van der Waals surface area contributed by atoms with Crippen molar-refractivity contribution >= 4 is 10.8 Å². The Hall–Kier alpha value is 0.0700. The zero-order valence-corrected chi connectivity index (χ0v) is 10.1. The quantitative estimate of drug-likeness (QED) is 0.764. The number of ether oxygens (including phenoxy) is 1. The fourth-order valence-electron chi connectivity index (χ4n) is 1.98. The van der Waals surface area contributed by atoms with E-state index in [-0.39, 0.29) is 0 Å². The molecule has 0 aromatic rings. The van der Waals surface area contributed by atoms with Crippen LogP contribution in [0.15, 0.2) is 0 Å². The van der Waals surface area contributed by atoms with E-state index in [9.17, 15) is 4.21 Å². The Morgan fingerprint density at radius 1 is 1.36 bits per heavy atom. The molecule has 1 saturated heterocycles. The first-order valence-corrected chi connectivity index (χ1v) is 6.99. The maximum Gasteiger partial charge on any atom is 0.0565 e. The molecule has 0 aromatic heterocycles. The summed E-state index contributed by atoms with van der Waals surface area (Å²) in [4.78, 5) is 0. The largest absolute Gasteiger partial charge is 0.375 e. The first-order valence-electron chi connectivity index (χ1n) is 5.26. The normalized spacial score (nSPS) is 35.5. The summed E-state index contributed by atoms with van der Waals surface area (Å²) in [6.07, 6.45) is 4.59. The van der Waals surface area contributed by atoms with E-state index in [1.807, 2.05) is 0 Å². The van der Waals surface area contributed by atoms with Crippen LogP contribution in [-0.2, 0) is 15.5 Å². The van der Waals surface area contributed by atoms with Crippen LogP contribution in [0.2, 0.25) is 0 Å². The van der Waals surface area contributed by atoms with Gasteiger partial charge in [0, 0.05) is 35.4 Å². The third-order valence-corrected chi connectivity index (χ3v) is 3.30. The van der Waals surface area contributed by atoms with Crippen LogP contribution < -0.4 is 5.32 Å². The lowest BCUT2D eigenvalue weighted by molar-refractivity contribution is -0.0417. The number of hydrogen-bond acceptors (Lipinski definition) is 3. The Morgan fingerprint density at radius 3 is 2.43 bits per heavy atom. The van der Waals surface area contributed by atoms with Gasteiger partial charge in [-0.15, -0.1) is 0 Å². The third-order valence-electron chi connectivity index (χ3n) is 2.52. The Labute approximate surface area is 89.1 Å². The lowest BCUT2D eigenvalue weighted by Crippen LogP contribution is -2.42. The van der Waals surface area contributed by atoms with Crippen molar-refractivity contribution in [1.82, 2.24) is 5.32 Å². The minimum atomic E-state index is -0.681. The van der Waals surface area contributed by atoms with Gasteiger partial charge in [0.1, 0.15) is 0 Å². The summed E-state index contributed by atoms with van der Waals surface area (Å²) in [6.45, 7) is 5.08. The second kappa shape index (κ2) is 5.83. The molecule has 1 N–H and O–H groups in total. The van der Waals surface area contributed by atoms with Crippen LogP contribution in [0.5, 0.6) is 0 Å². The van der Waals surface area contributed by atoms with E-state index in [2.05, 4.69) is 19.2 Å². The third kappa shape index (κ3) is 4.53. The van der Waals surface area contributed by atoms with E-state index >= 15 is 0 Å². The zero-order valence-electron chi connectivity index (χ0n) is 9.29. The summed E-state index contributed by atoms with van der Waals surface area (Å²) in [5.41, 5.74) is 0. The summed E-state index contributed by atoms with van der Waals surface area (Å²) in [6, 6.07) is 0.539. The fourth-order valence-corrected chi connectivity index (χ4v) is 2.38. The highest BCUT2D eigenvalue weighted by molar-refractivity contribution is 7.84. The van der Waals surface area contributed by atoms with E-state index in [0.717, 1.165) is 25.1 Å². The molecule has 3 nitrogen and oxygen atoms in total. The number of nitrogens with one attached hydrogen (secondary N) is 1. The van der Waals surface area contributed by atoms with Crippen LogP contribution in [0.25, 0.3) is 0 Å². The van der Waals surface area contributed by atoms with Crippen LogP contribution in [-0.4, -0.2) is 41.0 Å². The van der Waals surface area contributed by atoms with Crippen molar-refractivity contribution in [1.29, 1.82) is 0 Å². The highest BCUT2D eigenvalue weighted by Crippen LogP contribution is 2.18. The molecular formula is C10H21NO2S. The Bertz CT molecular complexity index is 189. The van der Waals surface area contributed by atoms with Gasteiger partial charge in [0.15, 0.2) is 0 Å². The van der Waals surface area contributed by atoms with E-state index in [1.165, 1.54) is 0 Å². The summed E-state index contributed by atoms with van der Waals surface area (Å²) in [5, 5.41) is 3.44. The van der Waals surface area contributed by atoms with Gasteiger partial charge >= 0.3 is 0 Å². The second-order valence-corrected chi connectivity index (χ2v) is 5.71. The van der Waals surface area contributed by atoms with Crippen molar-refractivity contribution in [3.8, 4) is 0 Å². The molecule has 3 unspecified atom stereocenters. The summed E-state index contributed by atoms with van der Waals surface area (Å²) in [5.74, 6) is 0.750. The first-order chi connectivity index (χ1) is 6.58. The molecule has 1 aliphatic rings. The minimum absolute atomic E-state index is 0.350. The van der Waals surface area contributed by atoms with E-state index in [0.29, 0.717) is 18.2 Å². The van der Waals surface area contributed by atoms with Gasteiger partial charge in [0.25, 0.3) is 0 Å². The molecule has 1 aliphatic heterocycles. The highest BCUT2D eigenvalue weighted by Gasteiger charge is 2.23. The standard InChI is InChI=1S/C10H21NO2S/c1-8-6-10(7-9(2)13-8)11-4-5-14(3)12/h8-11H,4-7H2,1-3H3. The monoisotopic (exact) mass is 219 g/mol. The van der Waals surface area contributed by atoms with Crippen molar-refractivity contribution in [2.24, 2.45) is 0 Å². The van der Waals surface area contributed by atoms with E-state index in [4.69, 9.17) is 4.74 Å². The lowest BCUT2D eigenvalue weighted by atomic mass is 10.00. The maximum absolute atomic E-state index is 10.9. The van der Waals surface area contributed by atoms with Crippen LogP contribution in [0.1, 0.15) is 26.7 Å². The molecule has 0 radical (unpaired) electrons. The summed E-state index contributed by atoms with van der Waals surface area (Å²) >= 11 is 0. The van der Waals surface area contributed by atoms with Crippen LogP contribution in [0.4, 0.5) is 0 Å². The molecular weight excluding hydrogens is 198 g/mol. The minimum Gasteiger partial charge on any atom is -0.375 e. The van der Waals surface area contributed by atoms with E-state index in [1.54, 1.807) is 6.26 Å². The summed E-state index contributed by atoms with van der Waals surface area (Å²) in [7, 11) is -0.681. The molecule has 0 bridgehead atoms. The van der Waals surface area contributed by atoms with Crippen LogP contribution in [0.3, 0.4) is 0 Å². The van der Waals surface area contributed by atoms with Gasteiger partial charge in [-0.05, 0) is 26.7 Å². The molecule has 84 valence electrons. The molecule has 0 saturated carbocycles. The SMILES string of the molecule is CC1CC(NCCS(C)=O)CC(C)O1. The average Bonchev–Trinajstić information content (AvgIpc) is 2.01. The molecule has 0 amide bonds. The molecule has 0 spiro atoms. The molecule has 1 rings (SSSR count). The highest BCUT2D eigenvalue weighted by atomic mass is 32.2. The molecule has 0 aliphatic carbocycles. The molecule has 14 heavy (non-hydrogen) atoms. The van der Waals surface area contributed by atoms with Crippen LogP contribution in [0, 0.1) is 0 Å². The van der Waals surface area contributed by atoms with Gasteiger partial charge in [-0.25, -0.2) is 0 Å². The van der Waals surface area contributed by atoms with Gasteiger partial charge in [-0.2, -0.15) is 0 Å². The number of rotatable bonds is 4. The average molecular weight is 219 g/mol. The lowest BCUT2D eigenvalue weighted by Gasteiger charge is -2.32. The zero-order chi connectivity index (χ0) is 10.6. The fraction of sp³-hybridized carbons (Fsp3) is 1.00. The van der Waals surface area contributed by atoms with Crippen molar-refractivity contribution in [3.05, 3.63) is 0 Å². The van der Waals surface area contributed by atoms with E-state index < -0.39 is 10.8 Å². The Kier molecular flexibility index (Phi) is 5.06. The van der Waals surface area contributed by atoms with Crippen molar-refractivity contribution < 1.29 is 8.95 Å². The maximum atomic E-state index is 10.9. The van der Waals surface area contributed by atoms with Crippen molar-refractivity contribution in [2.45, 2.75) is 44.9 Å². The second-order valence-electron chi connectivity index (χ2n) is 4.16. The predicted molar refractivity (Wildman–Crippen MR) is 60.0 cm³/mol. The first kappa shape index (κ1) is 12.1. The van der Waals surface area contributed by atoms with Gasteiger partial charge in [-0.1, -0.05) is 0 Å². The van der Waals surface area contributed by atoms with Gasteiger partial charge < -0.3 is 10.1 Å². The molecule has 0 aromatic carbocycles. The summed E-state index contributed by atoms with van der Waals surface area (Å²) < 4.78 is 16.5. The van der Waals surface area contributed by atoms with Crippen molar-refractivity contribution in [2.75, 3.05) is 18.6 Å². The van der Waals surface area contributed by atoms with Gasteiger partial charge in [0.05, 0.1) is 12.2 Å². The molecule has 1 fully saturated rings. The number of hydrogen-bond donors (Lipinski definition) is 1. The molecule has 4 heteroatoms. The van der Waals surface area contributed by atoms with Gasteiger partial charge in [-0.3, -0.25) is 4.21 Å². The van der Waals surface area contributed by atoms with Crippen molar-refractivity contribution in [3.63, 3.8) is 0 Å². The molecule has 3 atom stereocenters. The molecule has 1 heterocycles. The van der Waals surface area contributed by atoms with Crippen LogP contribution >= 0.6 is 0 Å².